The minimum Gasteiger partial charge on any atom is -0.337 e. The number of likely N-dealkylation sites (tertiary alicyclic amines) is 2. The summed E-state index contributed by atoms with van der Waals surface area (Å²) in [6, 6.07) is 10.7. The molecule has 196 valence electrons. The first kappa shape index (κ1) is 27.2. The number of rotatable bonds is 8. The Kier molecular flexibility index (Phi) is 9.88. The molecule has 1 unspecified atom stereocenters. The Labute approximate surface area is 224 Å². The molecule has 0 aromatic heterocycles. The highest BCUT2D eigenvalue weighted by molar-refractivity contribution is 6.42. The number of carbonyl (C=O) groups excluding carboxylic acids is 1. The number of amides is 2. The zero-order chi connectivity index (χ0) is 25.5. The first-order valence-corrected chi connectivity index (χ1v) is 13.9. The molecule has 2 aliphatic heterocycles. The fraction of sp³-hybridized carbons (Fsp3) is 0.536. The van der Waals surface area contributed by atoms with Crippen LogP contribution in [0.15, 0.2) is 36.4 Å². The van der Waals surface area contributed by atoms with Gasteiger partial charge in [-0.15, -0.1) is 0 Å². The lowest BCUT2D eigenvalue weighted by molar-refractivity contribution is 0.0912. The highest BCUT2D eigenvalue weighted by Crippen LogP contribution is 2.29. The average Bonchev–Trinajstić information content (AvgIpc) is 2.89. The Morgan fingerprint density at radius 1 is 1.03 bits per heavy atom. The van der Waals surface area contributed by atoms with Crippen molar-refractivity contribution in [1.29, 1.82) is 0 Å². The molecule has 2 N–H and O–H groups in total. The fourth-order valence-electron chi connectivity index (χ4n) is 5.34. The molecule has 2 amide bonds. The van der Waals surface area contributed by atoms with E-state index in [9.17, 15) is 9.18 Å². The van der Waals surface area contributed by atoms with Gasteiger partial charge in [0.2, 0.25) is 0 Å². The maximum absolute atomic E-state index is 13.8. The lowest BCUT2D eigenvalue weighted by Crippen LogP contribution is -2.47. The zero-order valence-electron chi connectivity index (χ0n) is 21.0. The van der Waals surface area contributed by atoms with E-state index in [0.29, 0.717) is 27.8 Å². The van der Waals surface area contributed by atoms with Crippen LogP contribution in [-0.2, 0) is 0 Å². The Morgan fingerprint density at radius 2 is 1.78 bits per heavy atom. The van der Waals surface area contributed by atoms with Gasteiger partial charge in [0, 0.05) is 24.2 Å². The largest absolute Gasteiger partial charge is 0.337 e. The molecule has 36 heavy (non-hydrogen) atoms. The number of piperidine rings is 2. The van der Waals surface area contributed by atoms with Crippen LogP contribution in [0.2, 0.25) is 10.0 Å². The van der Waals surface area contributed by atoms with E-state index >= 15 is 0 Å². The molecule has 2 heterocycles. The molecule has 0 aliphatic carbocycles. The number of aryl methyl sites for hydroxylation is 1. The van der Waals surface area contributed by atoms with Crippen molar-refractivity contribution in [2.45, 2.75) is 57.4 Å². The topological polar surface area (TPSA) is 47.6 Å². The maximum Gasteiger partial charge on any atom is 0.319 e. The number of nitrogens with zero attached hydrogens (tertiary/aromatic N) is 2. The van der Waals surface area contributed by atoms with Crippen LogP contribution in [0.3, 0.4) is 0 Å². The first-order valence-electron chi connectivity index (χ1n) is 13.1. The molecule has 0 bridgehead atoms. The van der Waals surface area contributed by atoms with Crippen LogP contribution in [0.25, 0.3) is 0 Å². The molecular formula is C28H37Cl2FN4O. The van der Waals surface area contributed by atoms with Crippen LogP contribution >= 0.6 is 23.2 Å². The molecule has 1 atom stereocenters. The average molecular weight is 536 g/mol. The van der Waals surface area contributed by atoms with Crippen molar-refractivity contribution >= 4 is 34.9 Å². The smallest absolute Gasteiger partial charge is 0.319 e. The summed E-state index contributed by atoms with van der Waals surface area (Å²) in [6.07, 6.45) is 7.40. The number of nitrogens with one attached hydrogen (secondary N) is 2. The lowest BCUT2D eigenvalue weighted by atomic mass is 9.94. The summed E-state index contributed by atoms with van der Waals surface area (Å²) in [5, 5.41) is 6.72. The van der Waals surface area contributed by atoms with Crippen LogP contribution in [0, 0.1) is 12.7 Å². The Hall–Kier alpha value is -1.86. The second-order valence-electron chi connectivity index (χ2n) is 10.1. The van der Waals surface area contributed by atoms with Crippen molar-refractivity contribution in [3.8, 4) is 0 Å². The van der Waals surface area contributed by atoms with E-state index in [-0.39, 0.29) is 17.8 Å². The molecule has 5 nitrogen and oxygen atoms in total. The number of benzene rings is 2. The molecular weight excluding hydrogens is 498 g/mol. The molecule has 2 aromatic rings. The number of hydrogen-bond donors (Lipinski definition) is 2. The van der Waals surface area contributed by atoms with Gasteiger partial charge in [0.15, 0.2) is 0 Å². The van der Waals surface area contributed by atoms with Gasteiger partial charge in [-0.1, -0.05) is 41.8 Å². The van der Waals surface area contributed by atoms with Gasteiger partial charge in [0.25, 0.3) is 0 Å². The Morgan fingerprint density at radius 3 is 2.47 bits per heavy atom. The van der Waals surface area contributed by atoms with E-state index < -0.39 is 0 Å². The molecule has 2 aromatic carbocycles. The maximum atomic E-state index is 13.8. The quantitative estimate of drug-likeness (QED) is 0.396. The third-order valence-corrected chi connectivity index (χ3v) is 8.35. The molecule has 0 saturated carbocycles. The van der Waals surface area contributed by atoms with E-state index in [0.717, 1.165) is 37.7 Å². The summed E-state index contributed by atoms with van der Waals surface area (Å²) in [7, 11) is 0. The number of halogens is 3. The monoisotopic (exact) mass is 534 g/mol. The molecule has 2 saturated heterocycles. The Balaban J connectivity index is 1.32. The lowest BCUT2D eigenvalue weighted by Gasteiger charge is -2.40. The minimum absolute atomic E-state index is 0.0834. The van der Waals surface area contributed by atoms with Gasteiger partial charge >= 0.3 is 6.03 Å². The summed E-state index contributed by atoms with van der Waals surface area (Å²) in [5.74, 6) is -0.259. The number of carbonyl (C=O) groups is 1. The van der Waals surface area contributed by atoms with E-state index in [4.69, 9.17) is 23.2 Å². The highest BCUT2D eigenvalue weighted by atomic mass is 35.5. The predicted molar refractivity (Wildman–Crippen MR) is 147 cm³/mol. The van der Waals surface area contributed by atoms with E-state index in [1.165, 1.54) is 51.3 Å². The summed E-state index contributed by atoms with van der Waals surface area (Å²) < 4.78 is 13.8. The molecule has 4 rings (SSSR count). The molecule has 2 aliphatic rings. The summed E-state index contributed by atoms with van der Waals surface area (Å²) in [5.41, 5.74) is 2.02. The number of anilines is 1. The van der Waals surface area contributed by atoms with Crippen molar-refractivity contribution in [3.05, 3.63) is 63.4 Å². The zero-order valence-corrected chi connectivity index (χ0v) is 22.6. The van der Waals surface area contributed by atoms with Crippen molar-refractivity contribution in [3.63, 3.8) is 0 Å². The summed E-state index contributed by atoms with van der Waals surface area (Å²) >= 11 is 12.5. The van der Waals surface area contributed by atoms with Gasteiger partial charge in [0.05, 0.1) is 10.0 Å². The first-order chi connectivity index (χ1) is 17.4. The third kappa shape index (κ3) is 7.58. The number of urea groups is 1. The van der Waals surface area contributed by atoms with Gasteiger partial charge in [0.1, 0.15) is 5.82 Å². The van der Waals surface area contributed by atoms with Gasteiger partial charge in [-0.25, -0.2) is 9.18 Å². The van der Waals surface area contributed by atoms with Gasteiger partial charge in [-0.05, 0) is 107 Å². The summed E-state index contributed by atoms with van der Waals surface area (Å²) in [6.45, 7) is 7.84. The third-order valence-electron chi connectivity index (χ3n) is 7.61. The van der Waals surface area contributed by atoms with Gasteiger partial charge < -0.3 is 20.4 Å². The van der Waals surface area contributed by atoms with Crippen LogP contribution in [0.5, 0.6) is 0 Å². The second-order valence-corrected chi connectivity index (χ2v) is 10.9. The standard InChI is InChI=1S/C28H37Cl2FN4O/c1-20-5-7-23(18-27(20)31)33-28(36)32-19-22(21-6-8-25(29)26(30)17-21)9-14-34-15-10-24(11-16-34)35-12-3-2-4-13-35/h5-8,17-18,22,24H,2-4,9-16,19H2,1H3,(H2,32,33,36). The van der Waals surface area contributed by atoms with Crippen molar-refractivity contribution in [1.82, 2.24) is 15.1 Å². The van der Waals surface area contributed by atoms with Crippen LogP contribution in [0.1, 0.15) is 55.6 Å². The van der Waals surface area contributed by atoms with Crippen LogP contribution in [0.4, 0.5) is 14.9 Å². The van der Waals surface area contributed by atoms with Crippen LogP contribution in [-0.4, -0.2) is 61.1 Å². The van der Waals surface area contributed by atoms with Crippen molar-refractivity contribution in [2.24, 2.45) is 0 Å². The van der Waals surface area contributed by atoms with E-state index in [1.54, 1.807) is 19.1 Å². The van der Waals surface area contributed by atoms with Crippen molar-refractivity contribution < 1.29 is 9.18 Å². The van der Waals surface area contributed by atoms with Gasteiger partial charge in [-0.2, -0.15) is 0 Å². The normalized spacial score (nSPS) is 18.7. The molecule has 0 radical (unpaired) electrons. The molecule has 0 spiro atoms. The van der Waals surface area contributed by atoms with Crippen LogP contribution < -0.4 is 10.6 Å². The highest BCUT2D eigenvalue weighted by Gasteiger charge is 2.26. The molecule has 8 heteroatoms. The van der Waals surface area contributed by atoms with E-state index in [1.807, 2.05) is 18.2 Å². The SMILES string of the molecule is Cc1ccc(NC(=O)NCC(CCN2CCC(N3CCCCC3)CC2)c2ccc(Cl)c(Cl)c2)cc1F. The summed E-state index contributed by atoms with van der Waals surface area (Å²) in [4.78, 5) is 17.8. The molecule has 2 fully saturated rings. The Bertz CT molecular complexity index is 1020. The fourth-order valence-corrected chi connectivity index (χ4v) is 5.65. The van der Waals surface area contributed by atoms with E-state index in [2.05, 4.69) is 20.4 Å². The predicted octanol–water partition coefficient (Wildman–Crippen LogP) is 6.69. The minimum atomic E-state index is -0.356. The number of hydrogen-bond acceptors (Lipinski definition) is 3. The van der Waals surface area contributed by atoms with Crippen molar-refractivity contribution in [2.75, 3.05) is 44.6 Å². The second kappa shape index (κ2) is 13.1. The van der Waals surface area contributed by atoms with Gasteiger partial charge in [-0.3, -0.25) is 0 Å².